The molecule has 1 amide bonds. The number of benzene rings is 1. The molecule has 0 aliphatic heterocycles. The fourth-order valence-electron chi connectivity index (χ4n) is 2.71. The third-order valence-corrected chi connectivity index (χ3v) is 4.23. The zero-order valence-corrected chi connectivity index (χ0v) is 14.5. The lowest BCUT2D eigenvalue weighted by molar-refractivity contribution is 0.0950. The molecule has 1 aromatic carbocycles. The molecule has 1 N–H and O–H groups in total. The van der Waals surface area contributed by atoms with Gasteiger partial charge in [-0.3, -0.25) is 9.59 Å². The lowest BCUT2D eigenvalue weighted by Gasteiger charge is -2.07. The van der Waals surface area contributed by atoms with Gasteiger partial charge in [-0.2, -0.15) is 5.10 Å². The molecule has 2 heterocycles. The average Bonchev–Trinajstić information content (AvgIpc) is 2.90. The van der Waals surface area contributed by atoms with Crippen molar-refractivity contribution in [2.24, 2.45) is 7.05 Å². The average molecular weight is 336 g/mol. The second kappa shape index (κ2) is 6.76. The van der Waals surface area contributed by atoms with Crippen LogP contribution in [0.25, 0.3) is 5.69 Å². The van der Waals surface area contributed by atoms with Crippen LogP contribution < -0.4 is 10.9 Å². The first-order valence-corrected chi connectivity index (χ1v) is 8.03. The number of nitrogens with one attached hydrogen (secondary N) is 1. The van der Waals surface area contributed by atoms with Gasteiger partial charge in [0.1, 0.15) is 0 Å². The Labute approximate surface area is 145 Å². The zero-order chi connectivity index (χ0) is 18.0. The summed E-state index contributed by atoms with van der Waals surface area (Å²) in [6.07, 6.45) is 1.58. The first kappa shape index (κ1) is 16.7. The van der Waals surface area contributed by atoms with Crippen molar-refractivity contribution >= 4 is 5.91 Å². The number of hydrogen-bond donors (Lipinski definition) is 1. The van der Waals surface area contributed by atoms with E-state index in [0.29, 0.717) is 12.1 Å². The molecule has 6 heteroatoms. The number of carbonyl (C=O) groups is 1. The molecule has 0 aliphatic carbocycles. The fourth-order valence-corrected chi connectivity index (χ4v) is 2.71. The molecular formula is C19H20N4O2. The number of nitrogens with zero attached hydrogens (tertiary/aromatic N) is 3. The maximum atomic E-state index is 12.3. The number of para-hydroxylation sites is 1. The summed E-state index contributed by atoms with van der Waals surface area (Å²) in [6.45, 7) is 4.26. The molecule has 25 heavy (non-hydrogen) atoms. The Kier molecular flexibility index (Phi) is 4.52. The Morgan fingerprint density at radius 2 is 1.88 bits per heavy atom. The summed E-state index contributed by atoms with van der Waals surface area (Å²) in [4.78, 5) is 24.0. The number of aryl methyl sites for hydroxylation is 2. The molecule has 6 nitrogen and oxygen atoms in total. The van der Waals surface area contributed by atoms with Crippen LogP contribution in [0.5, 0.6) is 0 Å². The number of pyridine rings is 1. The van der Waals surface area contributed by atoms with Crippen LogP contribution >= 0.6 is 0 Å². The van der Waals surface area contributed by atoms with Gasteiger partial charge in [-0.15, -0.1) is 0 Å². The molecule has 3 rings (SSSR count). The van der Waals surface area contributed by atoms with Gasteiger partial charge >= 0.3 is 0 Å². The van der Waals surface area contributed by atoms with Crippen LogP contribution in [0.3, 0.4) is 0 Å². The lowest BCUT2D eigenvalue weighted by atomic mass is 10.2. The van der Waals surface area contributed by atoms with Crippen molar-refractivity contribution in [2.45, 2.75) is 20.4 Å². The van der Waals surface area contributed by atoms with Crippen molar-refractivity contribution in [3.8, 4) is 5.69 Å². The second-order valence-corrected chi connectivity index (χ2v) is 5.94. The van der Waals surface area contributed by atoms with Gasteiger partial charge in [-0.25, -0.2) is 4.68 Å². The molecule has 0 saturated heterocycles. The number of rotatable bonds is 4. The summed E-state index contributed by atoms with van der Waals surface area (Å²) in [7, 11) is 1.65. The van der Waals surface area contributed by atoms with E-state index >= 15 is 0 Å². The van der Waals surface area contributed by atoms with E-state index in [2.05, 4.69) is 10.4 Å². The third kappa shape index (κ3) is 3.38. The van der Waals surface area contributed by atoms with E-state index in [0.717, 1.165) is 22.6 Å². The molecule has 0 atom stereocenters. The Morgan fingerprint density at radius 1 is 1.16 bits per heavy atom. The highest BCUT2D eigenvalue weighted by molar-refractivity contribution is 5.93. The van der Waals surface area contributed by atoms with E-state index in [9.17, 15) is 9.59 Å². The Bertz CT molecular complexity index is 971. The van der Waals surface area contributed by atoms with E-state index in [1.54, 1.807) is 19.3 Å². The molecule has 0 spiro atoms. The van der Waals surface area contributed by atoms with Crippen LogP contribution in [-0.2, 0) is 13.6 Å². The highest BCUT2D eigenvalue weighted by Gasteiger charge is 2.14. The van der Waals surface area contributed by atoms with Gasteiger partial charge in [0.25, 0.3) is 11.5 Å². The molecule has 0 fully saturated rings. The summed E-state index contributed by atoms with van der Waals surface area (Å²) in [5.41, 5.74) is 3.94. The predicted molar refractivity (Wildman–Crippen MR) is 95.9 cm³/mol. The standard InChI is InChI=1S/C19H20N4O2/c1-13-17(14(2)23(21-13)16-7-5-4-6-8-16)12-20-19(25)15-9-10-22(3)18(24)11-15/h4-11H,12H2,1-3H3,(H,20,25). The van der Waals surface area contributed by atoms with Gasteiger partial charge in [0.05, 0.1) is 11.4 Å². The normalized spacial score (nSPS) is 10.7. The van der Waals surface area contributed by atoms with Crippen LogP contribution in [0.1, 0.15) is 27.3 Å². The van der Waals surface area contributed by atoms with Gasteiger partial charge < -0.3 is 9.88 Å². The van der Waals surface area contributed by atoms with E-state index < -0.39 is 0 Å². The first-order valence-electron chi connectivity index (χ1n) is 8.03. The van der Waals surface area contributed by atoms with Crippen LogP contribution in [0.15, 0.2) is 53.5 Å². The molecule has 0 aliphatic rings. The maximum absolute atomic E-state index is 12.3. The SMILES string of the molecule is Cc1nn(-c2ccccc2)c(C)c1CNC(=O)c1ccn(C)c(=O)c1. The Hall–Kier alpha value is -3.15. The Morgan fingerprint density at radius 3 is 2.56 bits per heavy atom. The number of aromatic nitrogens is 3. The minimum Gasteiger partial charge on any atom is -0.348 e. The van der Waals surface area contributed by atoms with Crippen molar-refractivity contribution in [2.75, 3.05) is 0 Å². The van der Waals surface area contributed by atoms with Crippen LogP contribution in [0.4, 0.5) is 0 Å². The molecule has 0 saturated carbocycles. The van der Waals surface area contributed by atoms with Crippen LogP contribution in [-0.4, -0.2) is 20.3 Å². The molecule has 3 aromatic rings. The van der Waals surface area contributed by atoms with Crippen LogP contribution in [0.2, 0.25) is 0 Å². The molecule has 0 bridgehead atoms. The van der Waals surface area contributed by atoms with Gasteiger partial charge in [0.2, 0.25) is 0 Å². The molecule has 2 aromatic heterocycles. The third-order valence-electron chi connectivity index (χ3n) is 4.23. The number of hydrogen-bond acceptors (Lipinski definition) is 3. The van der Waals surface area contributed by atoms with Crippen molar-refractivity contribution in [1.82, 2.24) is 19.7 Å². The topological polar surface area (TPSA) is 68.9 Å². The van der Waals surface area contributed by atoms with Crippen molar-refractivity contribution in [3.63, 3.8) is 0 Å². The van der Waals surface area contributed by atoms with Gasteiger partial charge in [0.15, 0.2) is 0 Å². The fraction of sp³-hybridized carbons (Fsp3) is 0.211. The second-order valence-electron chi connectivity index (χ2n) is 5.94. The molecule has 0 radical (unpaired) electrons. The van der Waals surface area contributed by atoms with Crippen LogP contribution in [0, 0.1) is 13.8 Å². The van der Waals surface area contributed by atoms with E-state index in [4.69, 9.17) is 0 Å². The lowest BCUT2D eigenvalue weighted by Crippen LogP contribution is -2.26. The summed E-state index contributed by atoms with van der Waals surface area (Å²) >= 11 is 0. The van der Waals surface area contributed by atoms with Crippen molar-refractivity contribution in [1.29, 1.82) is 0 Å². The van der Waals surface area contributed by atoms with E-state index in [-0.39, 0.29) is 11.5 Å². The first-order chi connectivity index (χ1) is 12.0. The maximum Gasteiger partial charge on any atom is 0.251 e. The van der Waals surface area contributed by atoms with E-state index in [1.807, 2.05) is 48.9 Å². The zero-order valence-electron chi connectivity index (χ0n) is 14.5. The van der Waals surface area contributed by atoms with Gasteiger partial charge in [-0.05, 0) is 32.0 Å². The quantitative estimate of drug-likeness (QED) is 0.793. The predicted octanol–water partition coefficient (Wildman–Crippen LogP) is 2.12. The largest absolute Gasteiger partial charge is 0.348 e. The number of carbonyl (C=O) groups excluding carboxylic acids is 1. The van der Waals surface area contributed by atoms with E-state index in [1.165, 1.54) is 10.6 Å². The monoisotopic (exact) mass is 336 g/mol. The van der Waals surface area contributed by atoms with Crippen molar-refractivity contribution < 1.29 is 4.79 Å². The summed E-state index contributed by atoms with van der Waals surface area (Å²) < 4.78 is 3.30. The smallest absolute Gasteiger partial charge is 0.251 e. The molecular weight excluding hydrogens is 316 g/mol. The number of amides is 1. The minimum atomic E-state index is -0.274. The van der Waals surface area contributed by atoms with Crippen molar-refractivity contribution in [3.05, 3.63) is 81.5 Å². The summed E-state index contributed by atoms with van der Waals surface area (Å²) in [5, 5.41) is 7.44. The molecule has 128 valence electrons. The summed E-state index contributed by atoms with van der Waals surface area (Å²) in [5.74, 6) is -0.274. The van der Waals surface area contributed by atoms with Gasteiger partial charge in [0, 0.05) is 42.7 Å². The highest BCUT2D eigenvalue weighted by Crippen LogP contribution is 2.17. The molecule has 0 unspecified atom stereocenters. The Balaban J connectivity index is 1.79. The summed E-state index contributed by atoms with van der Waals surface area (Å²) in [6, 6.07) is 12.8. The highest BCUT2D eigenvalue weighted by atomic mass is 16.2. The minimum absolute atomic E-state index is 0.211. The van der Waals surface area contributed by atoms with Gasteiger partial charge in [-0.1, -0.05) is 18.2 Å².